The molecule has 0 spiro atoms. The second kappa shape index (κ2) is 6.85. The Bertz CT molecular complexity index is 637. The Balaban J connectivity index is 1.75. The highest BCUT2D eigenvalue weighted by molar-refractivity contribution is 7.09. The Morgan fingerprint density at radius 3 is 2.57 bits per heavy atom. The monoisotopic (exact) mass is 304 g/mol. The fraction of sp³-hybridized carbons (Fsp3) is 0.214. The van der Waals surface area contributed by atoms with Gasteiger partial charge >= 0.3 is 0 Å². The number of anilines is 1. The molecule has 0 saturated heterocycles. The molecule has 7 heteroatoms. The van der Waals surface area contributed by atoms with Crippen molar-refractivity contribution >= 4 is 28.8 Å². The van der Waals surface area contributed by atoms with E-state index in [4.69, 9.17) is 5.73 Å². The summed E-state index contributed by atoms with van der Waals surface area (Å²) in [7, 11) is 0. The van der Waals surface area contributed by atoms with Crippen LogP contribution in [-0.4, -0.2) is 23.3 Å². The zero-order chi connectivity index (χ0) is 15.2. The molecule has 6 nitrogen and oxygen atoms in total. The summed E-state index contributed by atoms with van der Waals surface area (Å²) in [5.41, 5.74) is 7.53. The van der Waals surface area contributed by atoms with Gasteiger partial charge in [-0.2, -0.15) is 0 Å². The van der Waals surface area contributed by atoms with Gasteiger partial charge in [-0.3, -0.25) is 9.59 Å². The van der Waals surface area contributed by atoms with Crippen LogP contribution in [0.25, 0.3) is 0 Å². The normalized spacial score (nSPS) is 10.1. The van der Waals surface area contributed by atoms with Gasteiger partial charge in [0.05, 0.1) is 13.1 Å². The quantitative estimate of drug-likeness (QED) is 0.720. The number of aryl methyl sites for hydroxylation is 1. The van der Waals surface area contributed by atoms with Gasteiger partial charge in [0.25, 0.3) is 5.91 Å². The number of hydrogen-bond acceptors (Lipinski definition) is 5. The van der Waals surface area contributed by atoms with Gasteiger partial charge in [0.15, 0.2) is 0 Å². The van der Waals surface area contributed by atoms with Crippen LogP contribution in [0.15, 0.2) is 29.6 Å². The van der Waals surface area contributed by atoms with Crippen LogP contribution in [0.5, 0.6) is 0 Å². The molecule has 0 saturated carbocycles. The molecule has 0 bridgehead atoms. The first-order chi connectivity index (χ1) is 10.0. The second-order valence-electron chi connectivity index (χ2n) is 4.46. The third kappa shape index (κ3) is 4.57. The molecule has 0 aliphatic rings. The summed E-state index contributed by atoms with van der Waals surface area (Å²) >= 11 is 1.49. The van der Waals surface area contributed by atoms with E-state index in [9.17, 15) is 9.59 Å². The van der Waals surface area contributed by atoms with Crippen LogP contribution >= 0.6 is 11.3 Å². The molecule has 1 aromatic heterocycles. The van der Waals surface area contributed by atoms with Crippen molar-refractivity contribution in [3.05, 3.63) is 45.9 Å². The molecule has 21 heavy (non-hydrogen) atoms. The van der Waals surface area contributed by atoms with Crippen molar-refractivity contribution < 1.29 is 9.59 Å². The van der Waals surface area contributed by atoms with Crippen molar-refractivity contribution in [3.63, 3.8) is 0 Å². The van der Waals surface area contributed by atoms with E-state index in [1.165, 1.54) is 11.3 Å². The third-order valence-electron chi connectivity index (χ3n) is 2.69. The van der Waals surface area contributed by atoms with E-state index in [-0.39, 0.29) is 18.4 Å². The average molecular weight is 304 g/mol. The van der Waals surface area contributed by atoms with E-state index in [2.05, 4.69) is 15.6 Å². The lowest BCUT2D eigenvalue weighted by Gasteiger charge is -2.06. The summed E-state index contributed by atoms with van der Waals surface area (Å²) in [6.45, 7) is 2.19. The zero-order valence-corrected chi connectivity index (χ0v) is 12.4. The van der Waals surface area contributed by atoms with Crippen molar-refractivity contribution in [2.75, 3.05) is 12.3 Å². The number of carbonyl (C=O) groups is 2. The highest BCUT2D eigenvalue weighted by atomic mass is 32.1. The first-order valence-corrected chi connectivity index (χ1v) is 7.24. The number of amides is 2. The Labute approximate surface area is 126 Å². The predicted octanol–water partition coefficient (Wildman–Crippen LogP) is 1.08. The van der Waals surface area contributed by atoms with Gasteiger partial charge in [-0.25, -0.2) is 4.98 Å². The number of benzene rings is 1. The average Bonchev–Trinajstić information content (AvgIpc) is 2.89. The lowest BCUT2D eigenvalue weighted by atomic mass is 10.2. The second-order valence-corrected chi connectivity index (χ2v) is 5.41. The molecule has 110 valence electrons. The minimum Gasteiger partial charge on any atom is -0.399 e. The molecule has 0 fully saturated rings. The summed E-state index contributed by atoms with van der Waals surface area (Å²) in [6, 6.07) is 6.50. The summed E-state index contributed by atoms with van der Waals surface area (Å²) in [4.78, 5) is 27.7. The summed E-state index contributed by atoms with van der Waals surface area (Å²) in [6.07, 6.45) is 0. The van der Waals surface area contributed by atoms with Gasteiger partial charge in [0.1, 0.15) is 5.01 Å². The predicted molar refractivity (Wildman–Crippen MR) is 81.9 cm³/mol. The van der Waals surface area contributed by atoms with Crippen molar-refractivity contribution in [1.82, 2.24) is 15.6 Å². The maximum absolute atomic E-state index is 11.8. The van der Waals surface area contributed by atoms with E-state index < -0.39 is 0 Å². The lowest BCUT2D eigenvalue weighted by Crippen LogP contribution is -2.36. The van der Waals surface area contributed by atoms with Gasteiger partial charge < -0.3 is 16.4 Å². The molecule has 0 aliphatic carbocycles. The van der Waals surface area contributed by atoms with Crippen molar-refractivity contribution in [2.24, 2.45) is 0 Å². The van der Waals surface area contributed by atoms with Gasteiger partial charge in [-0.15, -0.1) is 11.3 Å². The van der Waals surface area contributed by atoms with Crippen LogP contribution in [0.4, 0.5) is 5.69 Å². The number of nitrogens with one attached hydrogen (secondary N) is 2. The standard InChI is InChI=1S/C14H16N4O2S/c1-9-8-21-13(18-9)7-16-12(19)6-17-14(20)10-2-4-11(15)5-3-10/h2-5,8H,6-7,15H2,1H3,(H,16,19)(H,17,20). The molecular weight excluding hydrogens is 288 g/mol. The smallest absolute Gasteiger partial charge is 0.251 e. The van der Waals surface area contributed by atoms with E-state index in [0.717, 1.165) is 10.7 Å². The zero-order valence-electron chi connectivity index (χ0n) is 11.6. The molecule has 0 unspecified atom stereocenters. The molecule has 0 atom stereocenters. The van der Waals surface area contributed by atoms with Gasteiger partial charge in [-0.05, 0) is 31.2 Å². The first kappa shape index (κ1) is 15.0. The maximum atomic E-state index is 11.8. The van der Waals surface area contributed by atoms with Gasteiger partial charge in [0, 0.05) is 22.3 Å². The van der Waals surface area contributed by atoms with Crippen LogP contribution in [-0.2, 0) is 11.3 Å². The first-order valence-electron chi connectivity index (χ1n) is 6.36. The van der Waals surface area contributed by atoms with Crippen LogP contribution in [0.1, 0.15) is 21.1 Å². The van der Waals surface area contributed by atoms with Gasteiger partial charge in [-0.1, -0.05) is 0 Å². The minimum absolute atomic E-state index is 0.0758. The molecule has 4 N–H and O–H groups in total. The molecule has 1 heterocycles. The van der Waals surface area contributed by atoms with Crippen molar-refractivity contribution in [3.8, 4) is 0 Å². The third-order valence-corrected chi connectivity index (χ3v) is 3.65. The fourth-order valence-electron chi connectivity index (χ4n) is 1.62. The van der Waals surface area contributed by atoms with Crippen LogP contribution < -0.4 is 16.4 Å². The molecular formula is C14H16N4O2S. The van der Waals surface area contributed by atoms with Crippen LogP contribution in [0, 0.1) is 6.92 Å². The highest BCUT2D eigenvalue weighted by Gasteiger charge is 2.08. The molecule has 0 radical (unpaired) electrons. The van der Waals surface area contributed by atoms with Gasteiger partial charge in [0.2, 0.25) is 5.91 Å². The number of nitrogen functional groups attached to an aromatic ring is 1. The molecule has 2 rings (SSSR count). The van der Waals surface area contributed by atoms with Crippen molar-refractivity contribution in [2.45, 2.75) is 13.5 Å². The van der Waals surface area contributed by atoms with E-state index >= 15 is 0 Å². The Morgan fingerprint density at radius 1 is 1.24 bits per heavy atom. The van der Waals surface area contributed by atoms with Crippen LogP contribution in [0.2, 0.25) is 0 Å². The molecule has 0 aliphatic heterocycles. The number of carbonyl (C=O) groups excluding carboxylic acids is 2. The number of nitrogens with zero attached hydrogens (tertiary/aromatic N) is 1. The van der Waals surface area contributed by atoms with E-state index in [0.29, 0.717) is 17.8 Å². The summed E-state index contributed by atoms with van der Waals surface area (Å²) < 4.78 is 0. The van der Waals surface area contributed by atoms with Crippen molar-refractivity contribution in [1.29, 1.82) is 0 Å². The van der Waals surface area contributed by atoms with E-state index in [1.807, 2.05) is 12.3 Å². The highest BCUT2D eigenvalue weighted by Crippen LogP contribution is 2.07. The summed E-state index contributed by atoms with van der Waals surface area (Å²) in [5, 5.41) is 8.01. The number of rotatable bonds is 5. The maximum Gasteiger partial charge on any atom is 0.251 e. The minimum atomic E-state index is -0.310. The Hall–Kier alpha value is -2.41. The number of hydrogen-bond donors (Lipinski definition) is 3. The van der Waals surface area contributed by atoms with E-state index in [1.54, 1.807) is 24.3 Å². The number of aromatic nitrogens is 1. The summed E-state index contributed by atoms with van der Waals surface area (Å²) in [5.74, 6) is -0.568. The van der Waals surface area contributed by atoms with Crippen LogP contribution in [0.3, 0.4) is 0 Å². The molecule has 1 aromatic carbocycles. The SMILES string of the molecule is Cc1csc(CNC(=O)CNC(=O)c2ccc(N)cc2)n1. The largest absolute Gasteiger partial charge is 0.399 e. The molecule has 2 amide bonds. The number of thiazole rings is 1. The fourth-order valence-corrected chi connectivity index (χ4v) is 2.33. The Morgan fingerprint density at radius 2 is 1.95 bits per heavy atom. The number of nitrogens with two attached hydrogens (primary N) is 1. The topological polar surface area (TPSA) is 97.1 Å². The Kier molecular flexibility index (Phi) is 4.89. The molecule has 2 aromatic rings. The lowest BCUT2D eigenvalue weighted by molar-refractivity contribution is -0.120.